The Hall–Kier alpha value is -2.72. The minimum Gasteiger partial charge on any atom is -0.402 e. The molecule has 0 atom stereocenters. The molecule has 3 nitrogen and oxygen atoms in total. The van der Waals surface area contributed by atoms with Crippen molar-refractivity contribution in [2.24, 2.45) is 4.99 Å². The highest BCUT2D eigenvalue weighted by atomic mass is 35.5. The van der Waals surface area contributed by atoms with Crippen LogP contribution in [0.3, 0.4) is 0 Å². The number of esters is 1. The molecule has 0 aromatic heterocycles. The number of carbonyl (C=O) groups excluding carboxylic acids is 1. The Balaban J connectivity index is 1.86. The van der Waals surface area contributed by atoms with Crippen LogP contribution in [0, 0.1) is 5.82 Å². The smallest absolute Gasteiger partial charge is 0.363 e. The molecule has 1 aliphatic rings. The van der Waals surface area contributed by atoms with E-state index in [1.54, 1.807) is 6.08 Å². The van der Waals surface area contributed by atoms with Crippen molar-refractivity contribution >= 4 is 29.5 Å². The SMILES string of the molecule is O=C1OC(c2ccc(F)cc2)=NC1=CC(Cl)=Cc1ccccc1. The van der Waals surface area contributed by atoms with Gasteiger partial charge in [-0.3, -0.25) is 0 Å². The van der Waals surface area contributed by atoms with Gasteiger partial charge in [-0.15, -0.1) is 0 Å². The number of ether oxygens (including phenoxy) is 1. The van der Waals surface area contributed by atoms with Crippen LogP contribution in [0.1, 0.15) is 11.1 Å². The second-order valence-corrected chi connectivity index (χ2v) is 5.22. The number of nitrogens with zero attached hydrogens (tertiary/aromatic N) is 1. The molecule has 3 rings (SSSR count). The largest absolute Gasteiger partial charge is 0.402 e. The van der Waals surface area contributed by atoms with Crippen LogP contribution < -0.4 is 0 Å². The van der Waals surface area contributed by atoms with Gasteiger partial charge in [-0.05, 0) is 42.0 Å². The second kappa shape index (κ2) is 6.58. The topological polar surface area (TPSA) is 38.7 Å². The minimum absolute atomic E-state index is 0.0986. The molecule has 0 amide bonds. The van der Waals surface area contributed by atoms with E-state index in [9.17, 15) is 9.18 Å². The molecule has 2 aromatic carbocycles. The van der Waals surface area contributed by atoms with Gasteiger partial charge in [0, 0.05) is 10.6 Å². The molecular weight excluding hydrogens is 317 g/mol. The molecule has 0 N–H and O–H groups in total. The molecule has 0 saturated carbocycles. The van der Waals surface area contributed by atoms with Gasteiger partial charge in [0.15, 0.2) is 5.70 Å². The van der Waals surface area contributed by atoms with Gasteiger partial charge in [0.05, 0.1) is 0 Å². The fraction of sp³-hybridized carbons (Fsp3) is 0. The summed E-state index contributed by atoms with van der Waals surface area (Å²) in [4.78, 5) is 16.0. The van der Waals surface area contributed by atoms with Crippen LogP contribution >= 0.6 is 11.6 Å². The quantitative estimate of drug-likeness (QED) is 0.623. The highest BCUT2D eigenvalue weighted by Crippen LogP contribution is 2.20. The summed E-state index contributed by atoms with van der Waals surface area (Å²) in [5.41, 5.74) is 1.52. The predicted molar refractivity (Wildman–Crippen MR) is 87.4 cm³/mol. The van der Waals surface area contributed by atoms with Crippen molar-refractivity contribution in [2.75, 3.05) is 0 Å². The van der Waals surface area contributed by atoms with Gasteiger partial charge in [-0.1, -0.05) is 41.9 Å². The Labute approximate surface area is 137 Å². The first kappa shape index (κ1) is 15.2. The molecule has 0 fully saturated rings. The van der Waals surface area contributed by atoms with Crippen LogP contribution in [0.4, 0.5) is 4.39 Å². The third-order valence-corrected chi connectivity index (χ3v) is 3.31. The van der Waals surface area contributed by atoms with Crippen LogP contribution in [0.2, 0.25) is 0 Å². The number of allylic oxidation sites excluding steroid dienone is 2. The number of rotatable bonds is 3. The molecule has 114 valence electrons. The summed E-state index contributed by atoms with van der Waals surface area (Å²) in [7, 11) is 0. The fourth-order valence-electron chi connectivity index (χ4n) is 2.01. The lowest BCUT2D eigenvalue weighted by Gasteiger charge is -1.98. The van der Waals surface area contributed by atoms with Gasteiger partial charge >= 0.3 is 5.97 Å². The average Bonchev–Trinajstić information content (AvgIpc) is 2.90. The molecule has 5 heteroatoms. The van der Waals surface area contributed by atoms with Crippen molar-refractivity contribution in [3.05, 3.63) is 88.3 Å². The first-order valence-electron chi connectivity index (χ1n) is 6.82. The standard InChI is InChI=1S/C18H11ClFNO2/c19-14(10-12-4-2-1-3-5-12)11-16-18(22)23-17(21-16)13-6-8-15(20)9-7-13/h1-11H. The Morgan fingerprint density at radius 1 is 1.09 bits per heavy atom. The lowest BCUT2D eigenvalue weighted by atomic mass is 10.2. The lowest BCUT2D eigenvalue weighted by molar-refractivity contribution is -0.130. The van der Waals surface area contributed by atoms with Crippen LogP contribution in [0.15, 0.2) is 76.4 Å². The van der Waals surface area contributed by atoms with Crippen LogP contribution in [-0.4, -0.2) is 11.9 Å². The number of hydrogen-bond acceptors (Lipinski definition) is 3. The van der Waals surface area contributed by atoms with Gasteiger partial charge in [0.25, 0.3) is 0 Å². The van der Waals surface area contributed by atoms with Gasteiger partial charge in [0.1, 0.15) is 5.82 Å². The number of hydrogen-bond donors (Lipinski definition) is 0. The number of aliphatic imine (C=N–C) groups is 1. The average molecular weight is 328 g/mol. The number of carbonyl (C=O) groups is 1. The highest BCUT2D eigenvalue weighted by molar-refractivity contribution is 6.33. The molecule has 2 aromatic rings. The van der Waals surface area contributed by atoms with E-state index in [-0.39, 0.29) is 17.4 Å². The van der Waals surface area contributed by atoms with E-state index in [1.807, 2.05) is 30.3 Å². The zero-order valence-corrected chi connectivity index (χ0v) is 12.6. The van der Waals surface area contributed by atoms with Crippen molar-refractivity contribution in [2.45, 2.75) is 0 Å². The monoisotopic (exact) mass is 327 g/mol. The van der Waals surface area contributed by atoms with Crippen molar-refractivity contribution in [1.82, 2.24) is 0 Å². The molecule has 0 bridgehead atoms. The first-order valence-corrected chi connectivity index (χ1v) is 7.20. The van der Waals surface area contributed by atoms with E-state index in [1.165, 1.54) is 30.3 Å². The summed E-state index contributed by atoms with van der Waals surface area (Å²) in [5, 5.41) is 0.354. The summed E-state index contributed by atoms with van der Waals surface area (Å²) in [6.07, 6.45) is 3.15. The number of cyclic esters (lactones) is 1. The van der Waals surface area contributed by atoms with E-state index in [0.717, 1.165) is 5.56 Å². The third kappa shape index (κ3) is 3.73. The maximum absolute atomic E-state index is 12.9. The number of benzene rings is 2. The van der Waals surface area contributed by atoms with Gasteiger partial charge in [-0.25, -0.2) is 14.2 Å². The van der Waals surface area contributed by atoms with Crippen LogP contribution in [0.25, 0.3) is 6.08 Å². The maximum atomic E-state index is 12.9. The maximum Gasteiger partial charge on any atom is 0.363 e. The molecule has 23 heavy (non-hydrogen) atoms. The van der Waals surface area contributed by atoms with E-state index in [4.69, 9.17) is 16.3 Å². The third-order valence-electron chi connectivity index (χ3n) is 3.09. The summed E-state index contributed by atoms with van der Waals surface area (Å²) in [6, 6.07) is 15.0. The molecule has 0 unspecified atom stereocenters. The van der Waals surface area contributed by atoms with Crippen molar-refractivity contribution in [3.63, 3.8) is 0 Å². The molecule has 1 aliphatic heterocycles. The van der Waals surface area contributed by atoms with Gasteiger partial charge in [0.2, 0.25) is 5.90 Å². The Bertz CT molecular complexity index is 824. The molecule has 0 spiro atoms. The summed E-state index contributed by atoms with van der Waals surface area (Å²) >= 11 is 6.13. The zero-order chi connectivity index (χ0) is 16.2. The van der Waals surface area contributed by atoms with Crippen LogP contribution in [0.5, 0.6) is 0 Å². The van der Waals surface area contributed by atoms with E-state index in [2.05, 4.69) is 4.99 Å². The van der Waals surface area contributed by atoms with Crippen LogP contribution in [-0.2, 0) is 9.53 Å². The molecule has 0 radical (unpaired) electrons. The molecule has 1 heterocycles. The molecule has 0 aliphatic carbocycles. The summed E-state index contributed by atoms with van der Waals surface area (Å²) < 4.78 is 18.0. The summed E-state index contributed by atoms with van der Waals surface area (Å²) in [6.45, 7) is 0. The lowest BCUT2D eigenvalue weighted by Crippen LogP contribution is -2.05. The molecule has 0 saturated heterocycles. The van der Waals surface area contributed by atoms with E-state index < -0.39 is 5.97 Å². The van der Waals surface area contributed by atoms with Crippen molar-refractivity contribution in [3.8, 4) is 0 Å². The first-order chi connectivity index (χ1) is 11.1. The highest BCUT2D eigenvalue weighted by Gasteiger charge is 2.24. The van der Waals surface area contributed by atoms with Gasteiger partial charge in [-0.2, -0.15) is 0 Å². The fourth-order valence-corrected chi connectivity index (χ4v) is 2.24. The normalized spacial score (nSPS) is 16.4. The Morgan fingerprint density at radius 3 is 2.48 bits per heavy atom. The van der Waals surface area contributed by atoms with Crippen molar-refractivity contribution in [1.29, 1.82) is 0 Å². The second-order valence-electron chi connectivity index (χ2n) is 4.78. The number of halogens is 2. The Kier molecular flexibility index (Phi) is 4.35. The molecular formula is C18H11ClFNO2. The van der Waals surface area contributed by atoms with E-state index >= 15 is 0 Å². The van der Waals surface area contributed by atoms with Gasteiger partial charge < -0.3 is 4.74 Å². The Morgan fingerprint density at radius 2 is 1.78 bits per heavy atom. The van der Waals surface area contributed by atoms with Crippen molar-refractivity contribution < 1.29 is 13.9 Å². The minimum atomic E-state index is -0.594. The van der Waals surface area contributed by atoms with E-state index in [0.29, 0.717) is 10.6 Å². The predicted octanol–water partition coefficient (Wildman–Crippen LogP) is 4.29. The summed E-state index contributed by atoms with van der Waals surface area (Å²) in [5.74, 6) is -0.836. The zero-order valence-electron chi connectivity index (χ0n) is 11.9.